The molecule has 0 amide bonds. The molecule has 1 fully saturated rings. The van der Waals surface area contributed by atoms with Gasteiger partial charge >= 0.3 is 0 Å². The molecule has 0 radical (unpaired) electrons. The van der Waals surface area contributed by atoms with E-state index in [4.69, 9.17) is 0 Å². The summed E-state index contributed by atoms with van der Waals surface area (Å²) in [5.41, 5.74) is 2.45. The van der Waals surface area contributed by atoms with Crippen LogP contribution in [0.1, 0.15) is 19.8 Å². The topological polar surface area (TPSA) is 42.7 Å². The van der Waals surface area contributed by atoms with Crippen LogP contribution in [0.25, 0.3) is 11.3 Å². The molecule has 0 saturated carbocycles. The molecule has 1 aliphatic heterocycles. The predicted molar refractivity (Wildman–Crippen MR) is 71.2 cm³/mol. The predicted octanol–water partition coefficient (Wildman–Crippen LogP) is 2.04. The van der Waals surface area contributed by atoms with Crippen LogP contribution in [0.15, 0.2) is 37.1 Å². The fourth-order valence-electron chi connectivity index (χ4n) is 2.66. The summed E-state index contributed by atoms with van der Waals surface area (Å²) in [6, 6.07) is 4.06. The Hall–Kier alpha value is -1.68. The number of imidazole rings is 1. The minimum atomic E-state index is 0.160. The van der Waals surface area contributed by atoms with Gasteiger partial charge in [0.1, 0.15) is 0 Å². The molecule has 0 bridgehead atoms. The summed E-state index contributed by atoms with van der Waals surface area (Å²) in [4.78, 5) is 8.53. The van der Waals surface area contributed by atoms with E-state index < -0.39 is 0 Å². The number of hydrogen-bond donors (Lipinski definition) is 1. The Bertz CT molecular complexity index is 512. The van der Waals surface area contributed by atoms with Crippen LogP contribution in [0.4, 0.5) is 0 Å². The van der Waals surface area contributed by atoms with Crippen LogP contribution in [0.3, 0.4) is 0 Å². The van der Waals surface area contributed by atoms with Gasteiger partial charge in [0, 0.05) is 23.5 Å². The molecule has 0 aliphatic carbocycles. The zero-order valence-electron chi connectivity index (χ0n) is 10.6. The SMILES string of the molecule is CC1(n2cncc2-c2cccnc2)CCNCC1. The lowest BCUT2D eigenvalue weighted by molar-refractivity contribution is 0.233. The van der Waals surface area contributed by atoms with Crippen molar-refractivity contribution in [2.45, 2.75) is 25.3 Å². The molecular weight excluding hydrogens is 224 g/mol. The Kier molecular flexibility index (Phi) is 2.88. The highest BCUT2D eigenvalue weighted by Gasteiger charge is 2.30. The van der Waals surface area contributed by atoms with Gasteiger partial charge in [0.2, 0.25) is 0 Å². The van der Waals surface area contributed by atoms with Crippen LogP contribution < -0.4 is 5.32 Å². The Labute approximate surface area is 107 Å². The molecule has 3 rings (SSSR count). The number of rotatable bonds is 2. The van der Waals surface area contributed by atoms with Crippen molar-refractivity contribution in [2.75, 3.05) is 13.1 Å². The molecule has 94 valence electrons. The van der Waals surface area contributed by atoms with Gasteiger partial charge in [-0.25, -0.2) is 4.98 Å². The number of pyridine rings is 1. The van der Waals surface area contributed by atoms with Gasteiger partial charge in [-0.2, -0.15) is 0 Å². The van der Waals surface area contributed by atoms with Gasteiger partial charge in [-0.3, -0.25) is 4.98 Å². The maximum atomic E-state index is 4.33. The molecule has 1 saturated heterocycles. The maximum Gasteiger partial charge on any atom is 0.0956 e. The molecule has 0 aromatic carbocycles. The van der Waals surface area contributed by atoms with E-state index >= 15 is 0 Å². The van der Waals surface area contributed by atoms with E-state index in [0.29, 0.717) is 0 Å². The second-order valence-corrected chi connectivity index (χ2v) is 5.14. The van der Waals surface area contributed by atoms with Gasteiger partial charge in [0.05, 0.1) is 18.2 Å². The molecule has 1 N–H and O–H groups in total. The lowest BCUT2D eigenvalue weighted by Gasteiger charge is -2.36. The second-order valence-electron chi connectivity index (χ2n) is 5.14. The van der Waals surface area contributed by atoms with Crippen LogP contribution in [0, 0.1) is 0 Å². The molecule has 0 atom stereocenters. The Morgan fingerprint density at radius 2 is 2.06 bits per heavy atom. The van der Waals surface area contributed by atoms with Crippen molar-refractivity contribution in [1.29, 1.82) is 0 Å². The normalized spacial score (nSPS) is 18.7. The van der Waals surface area contributed by atoms with E-state index in [1.165, 1.54) is 0 Å². The Morgan fingerprint density at radius 1 is 1.22 bits per heavy atom. The monoisotopic (exact) mass is 242 g/mol. The van der Waals surface area contributed by atoms with E-state index in [-0.39, 0.29) is 5.54 Å². The van der Waals surface area contributed by atoms with Gasteiger partial charge in [0.15, 0.2) is 0 Å². The number of nitrogens with zero attached hydrogens (tertiary/aromatic N) is 3. The maximum absolute atomic E-state index is 4.33. The average Bonchev–Trinajstić information content (AvgIpc) is 2.91. The minimum absolute atomic E-state index is 0.160. The first-order chi connectivity index (χ1) is 8.80. The Balaban J connectivity index is 2.01. The highest BCUT2D eigenvalue weighted by Crippen LogP contribution is 2.31. The average molecular weight is 242 g/mol. The fourth-order valence-corrected chi connectivity index (χ4v) is 2.66. The van der Waals surface area contributed by atoms with Gasteiger partial charge < -0.3 is 9.88 Å². The third-order valence-corrected chi connectivity index (χ3v) is 3.86. The first-order valence-corrected chi connectivity index (χ1v) is 6.44. The summed E-state index contributed by atoms with van der Waals surface area (Å²) in [5.74, 6) is 0. The van der Waals surface area contributed by atoms with Crippen molar-refractivity contribution in [3.05, 3.63) is 37.1 Å². The van der Waals surface area contributed by atoms with Crippen LogP contribution >= 0.6 is 0 Å². The van der Waals surface area contributed by atoms with E-state index in [1.54, 1.807) is 6.20 Å². The summed E-state index contributed by atoms with van der Waals surface area (Å²) in [6.07, 6.45) is 9.86. The molecule has 4 nitrogen and oxygen atoms in total. The van der Waals surface area contributed by atoms with Crippen molar-refractivity contribution >= 4 is 0 Å². The van der Waals surface area contributed by atoms with Crippen LogP contribution in [-0.4, -0.2) is 27.6 Å². The van der Waals surface area contributed by atoms with Crippen molar-refractivity contribution < 1.29 is 0 Å². The summed E-state index contributed by atoms with van der Waals surface area (Å²) in [5, 5.41) is 3.42. The van der Waals surface area contributed by atoms with E-state index in [9.17, 15) is 0 Å². The van der Waals surface area contributed by atoms with E-state index in [2.05, 4.69) is 32.8 Å². The highest BCUT2D eigenvalue weighted by molar-refractivity contribution is 5.57. The highest BCUT2D eigenvalue weighted by atomic mass is 15.1. The van der Waals surface area contributed by atoms with Crippen LogP contribution in [0.2, 0.25) is 0 Å². The zero-order valence-corrected chi connectivity index (χ0v) is 10.6. The molecule has 0 spiro atoms. The summed E-state index contributed by atoms with van der Waals surface area (Å²) in [7, 11) is 0. The van der Waals surface area contributed by atoms with E-state index in [0.717, 1.165) is 37.2 Å². The number of hydrogen-bond acceptors (Lipinski definition) is 3. The fraction of sp³-hybridized carbons (Fsp3) is 0.429. The summed E-state index contributed by atoms with van der Waals surface area (Å²) < 4.78 is 2.31. The largest absolute Gasteiger partial charge is 0.325 e. The zero-order chi connectivity index (χ0) is 12.4. The quantitative estimate of drug-likeness (QED) is 0.876. The van der Waals surface area contributed by atoms with Crippen molar-refractivity contribution in [1.82, 2.24) is 19.9 Å². The number of aromatic nitrogens is 3. The van der Waals surface area contributed by atoms with Crippen molar-refractivity contribution in [3.8, 4) is 11.3 Å². The molecule has 2 aromatic rings. The van der Waals surface area contributed by atoms with Gasteiger partial charge in [-0.1, -0.05) is 0 Å². The second kappa shape index (κ2) is 4.53. The molecule has 1 aliphatic rings. The molecule has 3 heterocycles. The molecule has 0 unspecified atom stereocenters. The summed E-state index contributed by atoms with van der Waals surface area (Å²) in [6.45, 7) is 4.46. The molecular formula is C14H18N4. The van der Waals surface area contributed by atoms with Crippen LogP contribution in [0.5, 0.6) is 0 Å². The smallest absolute Gasteiger partial charge is 0.0956 e. The van der Waals surface area contributed by atoms with Gasteiger partial charge in [-0.15, -0.1) is 0 Å². The summed E-state index contributed by atoms with van der Waals surface area (Å²) >= 11 is 0. The van der Waals surface area contributed by atoms with E-state index in [1.807, 2.05) is 24.8 Å². The van der Waals surface area contributed by atoms with Gasteiger partial charge in [0.25, 0.3) is 0 Å². The molecule has 2 aromatic heterocycles. The lowest BCUT2D eigenvalue weighted by atomic mass is 9.90. The molecule has 4 heteroatoms. The number of piperidine rings is 1. The Morgan fingerprint density at radius 3 is 2.78 bits per heavy atom. The van der Waals surface area contributed by atoms with Crippen molar-refractivity contribution in [2.24, 2.45) is 0 Å². The molecule has 18 heavy (non-hydrogen) atoms. The standard InChI is InChI=1S/C14H18N4/c1-14(4-7-15-8-5-14)18-11-17-10-13(18)12-3-2-6-16-9-12/h2-3,6,9-11,15H,4-5,7-8H2,1H3. The first-order valence-electron chi connectivity index (χ1n) is 6.44. The third-order valence-electron chi connectivity index (χ3n) is 3.86. The minimum Gasteiger partial charge on any atom is -0.325 e. The van der Waals surface area contributed by atoms with Gasteiger partial charge in [-0.05, 0) is 45.0 Å². The lowest BCUT2D eigenvalue weighted by Crippen LogP contribution is -2.41. The van der Waals surface area contributed by atoms with Crippen molar-refractivity contribution in [3.63, 3.8) is 0 Å². The third kappa shape index (κ3) is 1.93. The number of nitrogens with one attached hydrogen (secondary N) is 1. The first kappa shape index (κ1) is 11.4. The van der Waals surface area contributed by atoms with Crippen LogP contribution in [-0.2, 0) is 5.54 Å².